The molecule has 15 heavy (non-hydrogen) atoms. The lowest BCUT2D eigenvalue weighted by molar-refractivity contribution is 0.148. The lowest BCUT2D eigenvalue weighted by Gasteiger charge is -2.29. The fourth-order valence-electron chi connectivity index (χ4n) is 1.01. The van der Waals surface area contributed by atoms with Gasteiger partial charge in [-0.05, 0) is 27.7 Å². The molecule has 0 aliphatic rings. The predicted molar refractivity (Wildman–Crippen MR) is 63.6 cm³/mol. The lowest BCUT2D eigenvalue weighted by Crippen LogP contribution is -2.43. The van der Waals surface area contributed by atoms with Gasteiger partial charge in [-0.25, -0.2) is 0 Å². The molecule has 0 aromatic rings. The third-order valence-corrected chi connectivity index (χ3v) is 3.89. The standard InChI is InChI=1S/C11H19O3Si/c1-8-15(12-9(2)3,13-10(4)5)14-11(6)7/h1-2,4,6,8H2,3,5,7H3. The Balaban J connectivity index is 4.81. The summed E-state index contributed by atoms with van der Waals surface area (Å²) in [5.74, 6) is 1.61. The summed E-state index contributed by atoms with van der Waals surface area (Å²) in [6, 6.07) is 0.388. The van der Waals surface area contributed by atoms with Crippen molar-refractivity contribution in [1.29, 1.82) is 0 Å². The van der Waals surface area contributed by atoms with Crippen molar-refractivity contribution in [3.63, 3.8) is 0 Å². The van der Waals surface area contributed by atoms with Crippen LogP contribution in [0.2, 0.25) is 6.04 Å². The van der Waals surface area contributed by atoms with Crippen LogP contribution >= 0.6 is 0 Å². The van der Waals surface area contributed by atoms with Gasteiger partial charge in [0, 0.05) is 0 Å². The molecule has 0 saturated carbocycles. The molecule has 0 bridgehead atoms. The van der Waals surface area contributed by atoms with Gasteiger partial charge >= 0.3 is 8.80 Å². The van der Waals surface area contributed by atoms with E-state index >= 15 is 0 Å². The van der Waals surface area contributed by atoms with E-state index < -0.39 is 8.80 Å². The molecular weight excluding hydrogens is 208 g/mol. The molecule has 0 spiro atoms. The Hall–Kier alpha value is -1.16. The minimum absolute atomic E-state index is 0.388. The van der Waals surface area contributed by atoms with Crippen molar-refractivity contribution in [2.75, 3.05) is 0 Å². The fourth-order valence-corrected chi connectivity index (χ4v) is 3.04. The van der Waals surface area contributed by atoms with Crippen molar-refractivity contribution in [1.82, 2.24) is 0 Å². The fraction of sp³-hybridized carbons (Fsp3) is 0.364. The van der Waals surface area contributed by atoms with Crippen molar-refractivity contribution in [3.8, 4) is 0 Å². The summed E-state index contributed by atoms with van der Waals surface area (Å²) in [7, 11) is -2.87. The zero-order valence-electron chi connectivity index (χ0n) is 9.76. The smallest absolute Gasteiger partial charge is 0.488 e. The van der Waals surface area contributed by atoms with Crippen LogP contribution in [0.5, 0.6) is 0 Å². The van der Waals surface area contributed by atoms with Gasteiger partial charge in [-0.2, -0.15) is 0 Å². The molecule has 3 nitrogen and oxygen atoms in total. The largest absolute Gasteiger partial charge is 0.698 e. The molecule has 0 aliphatic heterocycles. The quantitative estimate of drug-likeness (QED) is 0.493. The molecule has 0 aromatic heterocycles. The SMILES string of the molecule is [CH2]C[Si](OC(=C)C)(OC(=C)C)OC(=C)C. The molecule has 0 atom stereocenters. The zero-order chi connectivity index (χ0) is 12.1. The number of hydrogen-bond donors (Lipinski definition) is 0. The molecule has 0 rings (SSSR count). The van der Waals surface area contributed by atoms with Gasteiger partial charge in [0.15, 0.2) is 0 Å². The van der Waals surface area contributed by atoms with Gasteiger partial charge in [0.05, 0.1) is 23.3 Å². The Morgan fingerprint density at radius 1 is 0.867 bits per heavy atom. The molecule has 1 radical (unpaired) electrons. The van der Waals surface area contributed by atoms with E-state index in [2.05, 4.69) is 26.7 Å². The summed E-state index contributed by atoms with van der Waals surface area (Å²) in [4.78, 5) is 0. The summed E-state index contributed by atoms with van der Waals surface area (Å²) in [5, 5.41) is 0. The minimum Gasteiger partial charge on any atom is -0.488 e. The predicted octanol–water partition coefficient (Wildman–Crippen LogP) is 3.41. The molecule has 0 aliphatic carbocycles. The van der Waals surface area contributed by atoms with Crippen LogP contribution < -0.4 is 0 Å². The molecule has 4 heteroatoms. The molecule has 85 valence electrons. The molecule has 0 aromatic carbocycles. The molecule has 0 N–H and O–H groups in total. The van der Waals surface area contributed by atoms with E-state index in [1.807, 2.05) is 0 Å². The highest BCUT2D eigenvalue weighted by molar-refractivity contribution is 6.61. The molecule has 0 amide bonds. The average Bonchev–Trinajstić information content (AvgIpc) is 1.99. The van der Waals surface area contributed by atoms with Crippen molar-refractivity contribution in [3.05, 3.63) is 43.9 Å². The number of hydrogen-bond acceptors (Lipinski definition) is 3. The van der Waals surface area contributed by atoms with Crippen LogP contribution in [0.1, 0.15) is 20.8 Å². The monoisotopic (exact) mass is 227 g/mol. The summed E-state index contributed by atoms with van der Waals surface area (Å²) in [6.07, 6.45) is 0. The van der Waals surface area contributed by atoms with E-state index in [9.17, 15) is 0 Å². The summed E-state index contributed by atoms with van der Waals surface area (Å²) < 4.78 is 16.6. The highest BCUT2D eigenvalue weighted by atomic mass is 28.4. The van der Waals surface area contributed by atoms with Crippen molar-refractivity contribution in [2.24, 2.45) is 0 Å². The van der Waals surface area contributed by atoms with Gasteiger partial charge in [0.25, 0.3) is 0 Å². The van der Waals surface area contributed by atoms with Gasteiger partial charge in [-0.1, -0.05) is 19.7 Å². The van der Waals surface area contributed by atoms with E-state index in [1.54, 1.807) is 20.8 Å². The van der Waals surface area contributed by atoms with E-state index in [0.29, 0.717) is 23.3 Å². The van der Waals surface area contributed by atoms with Crippen molar-refractivity contribution >= 4 is 8.80 Å². The molecule has 0 heterocycles. The maximum absolute atomic E-state index is 5.52. The van der Waals surface area contributed by atoms with E-state index in [1.165, 1.54) is 0 Å². The first-order chi connectivity index (χ1) is 6.81. The Labute approximate surface area is 93.4 Å². The van der Waals surface area contributed by atoms with Crippen LogP contribution in [0.4, 0.5) is 0 Å². The van der Waals surface area contributed by atoms with Crippen LogP contribution in [0.15, 0.2) is 37.0 Å². The van der Waals surface area contributed by atoms with E-state index in [0.717, 1.165) is 0 Å². The second kappa shape index (κ2) is 5.65. The van der Waals surface area contributed by atoms with Crippen LogP contribution in [0, 0.1) is 6.92 Å². The molecule has 0 unspecified atom stereocenters. The Kier molecular flexibility index (Phi) is 5.21. The van der Waals surface area contributed by atoms with Crippen molar-refractivity contribution in [2.45, 2.75) is 26.8 Å². The van der Waals surface area contributed by atoms with Crippen LogP contribution in [-0.2, 0) is 13.3 Å². The highest BCUT2D eigenvalue weighted by Crippen LogP contribution is 2.23. The molecular formula is C11H19O3Si. The maximum atomic E-state index is 5.52. The minimum atomic E-state index is -2.87. The lowest BCUT2D eigenvalue weighted by atomic mass is 10.7. The Morgan fingerprint density at radius 3 is 1.27 bits per heavy atom. The topological polar surface area (TPSA) is 27.7 Å². The summed E-state index contributed by atoms with van der Waals surface area (Å²) in [5.41, 5.74) is 0. The van der Waals surface area contributed by atoms with Gasteiger partial charge in [-0.15, -0.1) is 0 Å². The maximum Gasteiger partial charge on any atom is 0.698 e. The average molecular weight is 227 g/mol. The zero-order valence-corrected chi connectivity index (χ0v) is 10.8. The second-order valence-electron chi connectivity index (χ2n) is 3.35. The van der Waals surface area contributed by atoms with Crippen LogP contribution in [0.25, 0.3) is 0 Å². The third-order valence-electron chi connectivity index (χ3n) is 1.30. The van der Waals surface area contributed by atoms with Gasteiger partial charge in [-0.3, -0.25) is 0 Å². The summed E-state index contributed by atoms with van der Waals surface area (Å²) >= 11 is 0. The first kappa shape index (κ1) is 13.8. The Morgan fingerprint density at radius 2 is 1.13 bits per heavy atom. The van der Waals surface area contributed by atoms with Crippen LogP contribution in [0.3, 0.4) is 0 Å². The van der Waals surface area contributed by atoms with Gasteiger partial charge in [0.2, 0.25) is 0 Å². The van der Waals surface area contributed by atoms with Crippen molar-refractivity contribution < 1.29 is 13.3 Å². The number of allylic oxidation sites excluding steroid dienone is 3. The first-order valence-corrected chi connectivity index (χ1v) is 6.57. The highest BCUT2D eigenvalue weighted by Gasteiger charge is 2.46. The first-order valence-electron chi connectivity index (χ1n) is 4.64. The molecule has 0 fully saturated rings. The van der Waals surface area contributed by atoms with Crippen LogP contribution in [-0.4, -0.2) is 8.80 Å². The van der Waals surface area contributed by atoms with E-state index in [4.69, 9.17) is 13.3 Å². The second-order valence-corrected chi connectivity index (χ2v) is 5.82. The summed E-state index contributed by atoms with van der Waals surface area (Å²) in [6.45, 7) is 20.0. The normalized spacial score (nSPS) is 10.4. The Bertz CT molecular complexity index is 230. The third kappa shape index (κ3) is 5.32. The van der Waals surface area contributed by atoms with E-state index in [-0.39, 0.29) is 0 Å². The van der Waals surface area contributed by atoms with Gasteiger partial charge < -0.3 is 13.3 Å². The molecule has 0 saturated heterocycles. The van der Waals surface area contributed by atoms with Gasteiger partial charge in [0.1, 0.15) is 0 Å². The number of rotatable bonds is 7.